The fourth-order valence-electron chi connectivity index (χ4n) is 1.88. The Morgan fingerprint density at radius 3 is 2.47 bits per heavy atom. The van der Waals surface area contributed by atoms with Gasteiger partial charge in [0.2, 0.25) is 0 Å². The molecule has 19 heavy (non-hydrogen) atoms. The second-order valence-corrected chi connectivity index (χ2v) is 9.43. The quantitative estimate of drug-likeness (QED) is 0.700. The van der Waals surface area contributed by atoms with Crippen molar-refractivity contribution in [1.82, 2.24) is 9.97 Å². The zero-order valence-electron chi connectivity index (χ0n) is 12.1. The van der Waals surface area contributed by atoms with Crippen LogP contribution in [0.15, 0.2) is 6.07 Å². The van der Waals surface area contributed by atoms with Crippen LogP contribution >= 0.6 is 35.1 Å². The zero-order valence-corrected chi connectivity index (χ0v) is 14.5. The van der Waals surface area contributed by atoms with Crippen molar-refractivity contribution in [3.05, 3.63) is 22.7 Å². The van der Waals surface area contributed by atoms with E-state index in [9.17, 15) is 0 Å². The third kappa shape index (κ3) is 3.79. The lowest BCUT2D eigenvalue weighted by Gasteiger charge is -2.31. The first-order valence-corrected chi connectivity index (χ1v) is 8.96. The molecule has 0 bridgehead atoms. The van der Waals surface area contributed by atoms with Crippen LogP contribution in [-0.4, -0.2) is 26.2 Å². The van der Waals surface area contributed by atoms with E-state index in [2.05, 4.69) is 39.6 Å². The maximum Gasteiger partial charge on any atom is 0.144 e. The van der Waals surface area contributed by atoms with Crippen molar-refractivity contribution < 1.29 is 0 Å². The largest absolute Gasteiger partial charge is 0.236 e. The van der Waals surface area contributed by atoms with Crippen molar-refractivity contribution in [2.75, 3.05) is 5.75 Å². The molecule has 1 aromatic heterocycles. The normalized spacial score (nSPS) is 28.4. The van der Waals surface area contributed by atoms with Crippen LogP contribution in [0.1, 0.15) is 51.4 Å². The minimum absolute atomic E-state index is 0.00666. The van der Waals surface area contributed by atoms with E-state index in [-0.39, 0.29) is 5.41 Å². The van der Waals surface area contributed by atoms with Gasteiger partial charge in [0.15, 0.2) is 0 Å². The molecular weight excluding hydrogens is 296 g/mol. The number of rotatable bonds is 1. The molecule has 1 fully saturated rings. The van der Waals surface area contributed by atoms with Gasteiger partial charge in [-0.1, -0.05) is 46.2 Å². The lowest BCUT2D eigenvalue weighted by molar-refractivity contribution is 0.562. The molecule has 0 amide bonds. The molecule has 5 heteroatoms. The molecule has 3 atom stereocenters. The van der Waals surface area contributed by atoms with Crippen LogP contribution in [0.3, 0.4) is 0 Å². The molecule has 2 nitrogen and oxygen atoms in total. The molecule has 1 aliphatic rings. The number of halogens is 1. The Morgan fingerprint density at radius 1 is 1.21 bits per heavy atom. The van der Waals surface area contributed by atoms with Crippen molar-refractivity contribution >= 4 is 35.1 Å². The van der Waals surface area contributed by atoms with Crippen molar-refractivity contribution in [3.8, 4) is 0 Å². The fraction of sp³-hybridized carbons (Fsp3) is 0.714. The van der Waals surface area contributed by atoms with E-state index in [1.807, 2.05) is 29.6 Å². The van der Waals surface area contributed by atoms with E-state index in [0.717, 1.165) is 17.3 Å². The summed E-state index contributed by atoms with van der Waals surface area (Å²) in [5, 5.41) is 2.25. The number of aromatic nitrogens is 2. The Kier molecular flexibility index (Phi) is 4.74. The van der Waals surface area contributed by atoms with Gasteiger partial charge in [0.05, 0.1) is 10.9 Å². The van der Waals surface area contributed by atoms with Crippen LogP contribution in [0.25, 0.3) is 0 Å². The van der Waals surface area contributed by atoms with Crippen molar-refractivity contribution in [2.24, 2.45) is 0 Å². The maximum absolute atomic E-state index is 6.17. The molecule has 2 rings (SSSR count). The summed E-state index contributed by atoms with van der Waals surface area (Å²) in [5.41, 5.74) is 1.03. The highest BCUT2D eigenvalue weighted by Crippen LogP contribution is 2.43. The smallest absolute Gasteiger partial charge is 0.144 e. The first-order valence-electron chi connectivity index (χ1n) is 6.59. The second-order valence-electron chi connectivity index (χ2n) is 6.05. The van der Waals surface area contributed by atoms with Crippen LogP contribution in [0.2, 0.25) is 5.15 Å². The minimum atomic E-state index is 0.00666. The molecule has 3 unspecified atom stereocenters. The summed E-state index contributed by atoms with van der Waals surface area (Å²) in [5.74, 6) is 1.97. The number of hydrogen-bond acceptors (Lipinski definition) is 4. The lowest BCUT2D eigenvalue weighted by atomic mass is 9.92. The molecular formula is C14H21ClN2S2. The average molecular weight is 317 g/mol. The standard InChI is InChI=1S/C14H21ClN2S2/c1-8-9(2)19-10(7-18-8)13-16-11(14(3,4)5)6-12(15)17-13/h6,8-10H,7H2,1-5H3. The van der Waals surface area contributed by atoms with Gasteiger partial charge in [-0.05, 0) is 6.07 Å². The van der Waals surface area contributed by atoms with Crippen molar-refractivity contribution in [2.45, 2.75) is 55.8 Å². The molecule has 1 aromatic rings. The van der Waals surface area contributed by atoms with Crippen molar-refractivity contribution in [3.63, 3.8) is 0 Å². The summed E-state index contributed by atoms with van der Waals surface area (Å²) in [7, 11) is 0. The van der Waals surface area contributed by atoms with Crippen LogP contribution in [0.5, 0.6) is 0 Å². The third-order valence-corrected chi connectivity index (χ3v) is 6.90. The highest BCUT2D eigenvalue weighted by Gasteiger charge is 2.29. The Bertz CT molecular complexity index is 459. The third-order valence-electron chi connectivity index (χ3n) is 3.32. The summed E-state index contributed by atoms with van der Waals surface area (Å²) >= 11 is 10.1. The number of thioether (sulfide) groups is 2. The van der Waals surface area contributed by atoms with E-state index >= 15 is 0 Å². The maximum atomic E-state index is 6.17. The zero-order chi connectivity index (χ0) is 14.2. The molecule has 0 aromatic carbocycles. The van der Waals surface area contributed by atoms with E-state index < -0.39 is 0 Å². The van der Waals surface area contributed by atoms with Crippen molar-refractivity contribution in [1.29, 1.82) is 0 Å². The van der Waals surface area contributed by atoms with Crippen LogP contribution < -0.4 is 0 Å². The minimum Gasteiger partial charge on any atom is -0.236 e. The number of hydrogen-bond donors (Lipinski definition) is 0. The summed E-state index contributed by atoms with van der Waals surface area (Å²) in [4.78, 5) is 9.21. The Hall–Kier alpha value is 0.0700. The summed E-state index contributed by atoms with van der Waals surface area (Å²) in [6, 6.07) is 1.89. The average Bonchev–Trinajstić information content (AvgIpc) is 2.31. The summed E-state index contributed by atoms with van der Waals surface area (Å²) < 4.78 is 0. The molecule has 2 heterocycles. The topological polar surface area (TPSA) is 25.8 Å². The van der Waals surface area contributed by atoms with E-state index in [0.29, 0.717) is 20.9 Å². The van der Waals surface area contributed by atoms with Crippen LogP contribution in [0, 0.1) is 0 Å². The number of nitrogens with zero attached hydrogens (tertiary/aromatic N) is 2. The first-order chi connectivity index (χ1) is 8.77. The fourth-order valence-corrected chi connectivity index (χ4v) is 4.92. The highest BCUT2D eigenvalue weighted by atomic mass is 35.5. The molecule has 0 spiro atoms. The van der Waals surface area contributed by atoms with Gasteiger partial charge in [-0.15, -0.1) is 11.8 Å². The van der Waals surface area contributed by atoms with E-state index in [4.69, 9.17) is 16.6 Å². The highest BCUT2D eigenvalue weighted by molar-refractivity contribution is 8.07. The van der Waals surface area contributed by atoms with Gasteiger partial charge in [-0.2, -0.15) is 11.8 Å². The predicted molar refractivity (Wildman–Crippen MR) is 87.5 cm³/mol. The first kappa shape index (κ1) is 15.5. The monoisotopic (exact) mass is 316 g/mol. The SMILES string of the molecule is CC1SCC(c2nc(Cl)cc(C(C)(C)C)n2)SC1C. The molecule has 1 aliphatic heterocycles. The van der Waals surface area contributed by atoms with Gasteiger partial charge in [-0.25, -0.2) is 9.97 Å². The molecule has 1 saturated heterocycles. The van der Waals surface area contributed by atoms with Gasteiger partial charge in [0, 0.05) is 21.7 Å². The molecule has 0 saturated carbocycles. The van der Waals surface area contributed by atoms with Crippen LogP contribution in [-0.2, 0) is 5.41 Å². The summed E-state index contributed by atoms with van der Waals surface area (Å²) in [6.45, 7) is 11.0. The van der Waals surface area contributed by atoms with Gasteiger partial charge >= 0.3 is 0 Å². The van der Waals surface area contributed by atoms with E-state index in [1.54, 1.807) is 0 Å². The Balaban J connectivity index is 2.28. The van der Waals surface area contributed by atoms with Gasteiger partial charge < -0.3 is 0 Å². The Labute approximate surface area is 129 Å². The van der Waals surface area contributed by atoms with Gasteiger partial charge in [0.1, 0.15) is 11.0 Å². The lowest BCUT2D eigenvalue weighted by Crippen LogP contribution is -2.24. The van der Waals surface area contributed by atoms with Gasteiger partial charge in [0.25, 0.3) is 0 Å². The van der Waals surface area contributed by atoms with E-state index in [1.165, 1.54) is 0 Å². The summed E-state index contributed by atoms with van der Waals surface area (Å²) in [6.07, 6.45) is 0. The molecule has 0 aliphatic carbocycles. The van der Waals surface area contributed by atoms with Gasteiger partial charge in [-0.3, -0.25) is 0 Å². The second kappa shape index (κ2) is 5.82. The molecule has 0 N–H and O–H groups in total. The molecule has 106 valence electrons. The molecule has 0 radical (unpaired) electrons. The predicted octanol–water partition coefficient (Wildman–Crippen LogP) is 4.73. The van der Waals surface area contributed by atoms with Crippen LogP contribution in [0.4, 0.5) is 0 Å². The Morgan fingerprint density at radius 2 is 1.89 bits per heavy atom.